The maximum absolute atomic E-state index is 6.04. The van der Waals surface area contributed by atoms with E-state index < -0.39 is 0 Å². The van der Waals surface area contributed by atoms with E-state index in [9.17, 15) is 0 Å². The molecule has 2 aromatic rings. The van der Waals surface area contributed by atoms with Crippen molar-refractivity contribution in [1.82, 2.24) is 4.98 Å². The monoisotopic (exact) mass is 293 g/mol. The Kier molecular flexibility index (Phi) is 3.00. The van der Waals surface area contributed by atoms with E-state index in [-0.39, 0.29) is 5.54 Å². The summed E-state index contributed by atoms with van der Waals surface area (Å²) >= 11 is 3.50. The Labute approximate surface area is 110 Å². The van der Waals surface area contributed by atoms with E-state index in [0.717, 1.165) is 26.8 Å². The van der Waals surface area contributed by atoms with Crippen molar-refractivity contribution in [1.29, 1.82) is 0 Å². The molecule has 3 N–H and O–H groups in total. The molecule has 0 radical (unpaired) electrons. The summed E-state index contributed by atoms with van der Waals surface area (Å²) in [5, 5.41) is 5.43. The van der Waals surface area contributed by atoms with Gasteiger partial charge in [-0.3, -0.25) is 0 Å². The summed E-state index contributed by atoms with van der Waals surface area (Å²) in [5.41, 5.74) is 6.74. The minimum Gasteiger partial charge on any atom is -0.398 e. The van der Waals surface area contributed by atoms with Gasteiger partial charge in [0, 0.05) is 32.7 Å². The Balaban J connectivity index is 2.69. The van der Waals surface area contributed by atoms with Crippen molar-refractivity contribution in [3.05, 3.63) is 28.9 Å². The van der Waals surface area contributed by atoms with E-state index in [0.29, 0.717) is 0 Å². The zero-order valence-corrected chi connectivity index (χ0v) is 11.8. The number of rotatable bonds is 1. The number of nitrogens with two attached hydrogens (primary N) is 1. The first kappa shape index (κ1) is 12.2. The van der Waals surface area contributed by atoms with Crippen LogP contribution in [0.3, 0.4) is 0 Å². The van der Waals surface area contributed by atoms with Gasteiger partial charge in [0.05, 0.1) is 0 Å². The van der Waals surface area contributed by atoms with Crippen LogP contribution >= 0.6 is 15.9 Å². The molecule has 1 aromatic heterocycles. The summed E-state index contributed by atoms with van der Waals surface area (Å²) in [6, 6.07) is 5.87. The molecule has 1 aromatic carbocycles. The highest BCUT2D eigenvalue weighted by Crippen LogP contribution is 2.33. The van der Waals surface area contributed by atoms with Crippen LogP contribution in [-0.2, 0) is 0 Å². The van der Waals surface area contributed by atoms with E-state index in [4.69, 9.17) is 5.73 Å². The second-order valence-corrected chi connectivity index (χ2v) is 5.95. The van der Waals surface area contributed by atoms with Crippen LogP contribution in [0.2, 0.25) is 0 Å². The van der Waals surface area contributed by atoms with Crippen LogP contribution in [0.1, 0.15) is 20.8 Å². The number of nitrogens with zero attached hydrogens (tertiary/aromatic N) is 1. The van der Waals surface area contributed by atoms with Gasteiger partial charge in [-0.2, -0.15) is 0 Å². The van der Waals surface area contributed by atoms with Crippen molar-refractivity contribution in [2.24, 2.45) is 0 Å². The van der Waals surface area contributed by atoms with Crippen LogP contribution in [0, 0.1) is 0 Å². The van der Waals surface area contributed by atoms with Gasteiger partial charge in [-0.25, -0.2) is 4.98 Å². The zero-order valence-electron chi connectivity index (χ0n) is 10.2. The van der Waals surface area contributed by atoms with Gasteiger partial charge >= 0.3 is 0 Å². The molecule has 0 amide bonds. The van der Waals surface area contributed by atoms with Crippen molar-refractivity contribution < 1.29 is 0 Å². The maximum atomic E-state index is 6.04. The Morgan fingerprint density at radius 3 is 2.65 bits per heavy atom. The van der Waals surface area contributed by atoms with E-state index >= 15 is 0 Å². The van der Waals surface area contributed by atoms with Gasteiger partial charge in [-0.05, 0) is 42.8 Å². The molecule has 2 rings (SSSR count). The van der Waals surface area contributed by atoms with Crippen LogP contribution in [0.5, 0.6) is 0 Å². The average molecular weight is 294 g/mol. The molecule has 0 unspecified atom stereocenters. The molecule has 0 atom stereocenters. The molecule has 4 heteroatoms. The van der Waals surface area contributed by atoms with E-state index in [1.807, 2.05) is 18.2 Å². The molecular formula is C13H16BrN3. The highest BCUT2D eigenvalue weighted by molar-refractivity contribution is 9.10. The summed E-state index contributed by atoms with van der Waals surface area (Å²) in [6.07, 6.45) is 1.80. The molecule has 0 aliphatic rings. The lowest BCUT2D eigenvalue weighted by Crippen LogP contribution is -2.26. The number of hydrogen-bond donors (Lipinski definition) is 2. The number of benzene rings is 1. The van der Waals surface area contributed by atoms with Crippen LogP contribution < -0.4 is 11.1 Å². The summed E-state index contributed by atoms with van der Waals surface area (Å²) in [4.78, 5) is 4.41. The van der Waals surface area contributed by atoms with Gasteiger partial charge < -0.3 is 11.1 Å². The average Bonchev–Trinajstić information content (AvgIpc) is 2.21. The van der Waals surface area contributed by atoms with Crippen molar-refractivity contribution in [2.75, 3.05) is 11.1 Å². The Morgan fingerprint density at radius 1 is 1.29 bits per heavy atom. The second-order valence-electron chi connectivity index (χ2n) is 5.10. The number of fused-ring (bicyclic) bond motifs is 1. The van der Waals surface area contributed by atoms with Gasteiger partial charge in [-0.1, -0.05) is 12.1 Å². The normalized spacial score (nSPS) is 11.8. The van der Waals surface area contributed by atoms with Gasteiger partial charge in [0.2, 0.25) is 0 Å². The molecule has 0 saturated carbocycles. The van der Waals surface area contributed by atoms with Crippen LogP contribution in [0.25, 0.3) is 10.8 Å². The van der Waals surface area contributed by atoms with E-state index in [1.54, 1.807) is 6.20 Å². The lowest BCUT2D eigenvalue weighted by atomic mass is 10.1. The number of nitrogens with one attached hydrogen (secondary N) is 1. The quantitative estimate of drug-likeness (QED) is 0.787. The lowest BCUT2D eigenvalue weighted by Gasteiger charge is -2.23. The van der Waals surface area contributed by atoms with E-state index in [2.05, 4.69) is 47.0 Å². The third-order valence-electron chi connectivity index (χ3n) is 2.39. The maximum Gasteiger partial charge on any atom is 0.136 e. The third-order valence-corrected chi connectivity index (χ3v) is 3.02. The number of hydrogen-bond acceptors (Lipinski definition) is 3. The first-order valence-corrected chi connectivity index (χ1v) is 6.29. The molecule has 0 saturated heterocycles. The smallest absolute Gasteiger partial charge is 0.136 e. The van der Waals surface area contributed by atoms with Crippen LogP contribution in [0.4, 0.5) is 11.5 Å². The molecule has 17 heavy (non-hydrogen) atoms. The van der Waals surface area contributed by atoms with Crippen LogP contribution in [0.15, 0.2) is 28.9 Å². The van der Waals surface area contributed by atoms with Crippen molar-refractivity contribution in [3.63, 3.8) is 0 Å². The second kappa shape index (κ2) is 4.18. The number of halogens is 1. The predicted octanol–water partition coefficient (Wildman–Crippen LogP) is 3.79. The number of anilines is 2. The SMILES string of the molecule is CC(C)(C)Nc1ncc(Br)c2cccc(N)c12. The Morgan fingerprint density at radius 2 is 2.00 bits per heavy atom. The third kappa shape index (κ3) is 2.52. The minimum absolute atomic E-state index is 0.0456. The molecular weight excluding hydrogens is 278 g/mol. The number of nitrogen functional groups attached to an aromatic ring is 1. The molecule has 0 aliphatic heterocycles. The van der Waals surface area contributed by atoms with Gasteiger partial charge in [0.15, 0.2) is 0 Å². The summed E-state index contributed by atoms with van der Waals surface area (Å²) < 4.78 is 0.958. The first-order valence-electron chi connectivity index (χ1n) is 5.49. The molecule has 0 aliphatic carbocycles. The summed E-state index contributed by atoms with van der Waals surface area (Å²) in [5.74, 6) is 0.828. The Bertz CT molecular complexity index is 558. The topological polar surface area (TPSA) is 50.9 Å². The van der Waals surface area contributed by atoms with E-state index in [1.165, 1.54) is 0 Å². The fourth-order valence-corrected chi connectivity index (χ4v) is 2.17. The van der Waals surface area contributed by atoms with Gasteiger partial charge in [0.1, 0.15) is 5.82 Å². The summed E-state index contributed by atoms with van der Waals surface area (Å²) in [6.45, 7) is 6.30. The van der Waals surface area contributed by atoms with Crippen molar-refractivity contribution in [3.8, 4) is 0 Å². The molecule has 0 fully saturated rings. The molecule has 0 spiro atoms. The standard InChI is InChI=1S/C13H16BrN3/c1-13(2,3)17-12-11-8(9(14)7-16-12)5-4-6-10(11)15/h4-7H,15H2,1-3H3,(H,16,17). The first-order chi connectivity index (χ1) is 7.88. The minimum atomic E-state index is -0.0456. The highest BCUT2D eigenvalue weighted by atomic mass is 79.9. The Hall–Kier alpha value is -1.29. The molecule has 3 nitrogen and oxygen atoms in total. The number of pyridine rings is 1. The highest BCUT2D eigenvalue weighted by Gasteiger charge is 2.14. The summed E-state index contributed by atoms with van der Waals surface area (Å²) in [7, 11) is 0. The zero-order chi connectivity index (χ0) is 12.6. The largest absolute Gasteiger partial charge is 0.398 e. The lowest BCUT2D eigenvalue weighted by molar-refractivity contribution is 0.631. The van der Waals surface area contributed by atoms with Crippen molar-refractivity contribution >= 4 is 38.2 Å². The predicted molar refractivity (Wildman–Crippen MR) is 77.2 cm³/mol. The fourth-order valence-electron chi connectivity index (χ4n) is 1.74. The molecule has 0 bridgehead atoms. The van der Waals surface area contributed by atoms with Gasteiger partial charge in [-0.15, -0.1) is 0 Å². The fraction of sp³-hybridized carbons (Fsp3) is 0.308. The molecule has 1 heterocycles. The van der Waals surface area contributed by atoms with Crippen molar-refractivity contribution in [2.45, 2.75) is 26.3 Å². The van der Waals surface area contributed by atoms with Crippen LogP contribution in [-0.4, -0.2) is 10.5 Å². The number of aromatic nitrogens is 1. The molecule has 90 valence electrons. The van der Waals surface area contributed by atoms with Gasteiger partial charge in [0.25, 0.3) is 0 Å².